The van der Waals surface area contributed by atoms with E-state index in [1.165, 1.54) is 30.4 Å². The van der Waals surface area contributed by atoms with Crippen molar-refractivity contribution in [3.05, 3.63) is 119 Å². The Balaban J connectivity index is 1.50. The van der Waals surface area contributed by atoms with Gasteiger partial charge in [0.25, 0.3) is 11.7 Å². The largest absolute Gasteiger partial charge is 0.507 e. The molecular formula is C31H27NO7. The number of nitrogens with zero attached hydrogens (tertiary/aromatic N) is 1. The zero-order valence-electron chi connectivity index (χ0n) is 21.5. The van der Waals surface area contributed by atoms with Crippen LogP contribution in [0.3, 0.4) is 0 Å². The number of Topliss-reactive ketones (excluding diaryl/α,β-unsaturated/α-hetero) is 1. The van der Waals surface area contributed by atoms with Gasteiger partial charge in [-0.3, -0.25) is 9.59 Å². The van der Waals surface area contributed by atoms with E-state index >= 15 is 0 Å². The zero-order valence-corrected chi connectivity index (χ0v) is 21.5. The number of ether oxygens (including phenoxy) is 2. The molecule has 5 rings (SSSR count). The van der Waals surface area contributed by atoms with Crippen LogP contribution >= 0.6 is 0 Å². The van der Waals surface area contributed by atoms with E-state index in [1.807, 2.05) is 31.2 Å². The van der Waals surface area contributed by atoms with Crippen LogP contribution in [0.1, 0.15) is 34.1 Å². The fourth-order valence-electron chi connectivity index (χ4n) is 4.62. The van der Waals surface area contributed by atoms with Gasteiger partial charge in [0.2, 0.25) is 0 Å². The third kappa shape index (κ3) is 5.09. The van der Waals surface area contributed by atoms with Crippen LogP contribution < -0.4 is 9.47 Å². The molecule has 1 aliphatic heterocycles. The van der Waals surface area contributed by atoms with Crippen LogP contribution in [0.5, 0.6) is 17.2 Å². The number of methoxy groups -OCH3 is 1. The molecule has 8 nitrogen and oxygen atoms in total. The van der Waals surface area contributed by atoms with Gasteiger partial charge in [0.1, 0.15) is 23.9 Å². The van der Waals surface area contributed by atoms with Crippen LogP contribution in [-0.2, 0) is 22.7 Å². The summed E-state index contributed by atoms with van der Waals surface area (Å²) in [5.41, 5.74) is 2.94. The molecule has 0 spiro atoms. The molecule has 1 aromatic heterocycles. The maximum Gasteiger partial charge on any atom is 0.296 e. The summed E-state index contributed by atoms with van der Waals surface area (Å²) in [6, 6.07) is 21.6. The number of benzene rings is 3. The molecule has 0 saturated carbocycles. The minimum Gasteiger partial charge on any atom is -0.507 e. The molecule has 0 unspecified atom stereocenters. The van der Waals surface area contributed by atoms with Crippen molar-refractivity contribution in [1.82, 2.24) is 4.90 Å². The summed E-state index contributed by atoms with van der Waals surface area (Å²) in [7, 11) is 1.40. The lowest BCUT2D eigenvalue weighted by atomic mass is 9.95. The van der Waals surface area contributed by atoms with Crippen LogP contribution in [-0.4, -0.2) is 33.9 Å². The third-order valence-electron chi connectivity index (χ3n) is 6.75. The summed E-state index contributed by atoms with van der Waals surface area (Å²) >= 11 is 0. The highest BCUT2D eigenvalue weighted by molar-refractivity contribution is 6.46. The number of rotatable bonds is 8. The van der Waals surface area contributed by atoms with E-state index in [0.717, 1.165) is 11.1 Å². The zero-order chi connectivity index (χ0) is 27.5. The van der Waals surface area contributed by atoms with E-state index in [9.17, 15) is 19.8 Å². The van der Waals surface area contributed by atoms with Crippen molar-refractivity contribution in [2.75, 3.05) is 7.11 Å². The molecule has 39 heavy (non-hydrogen) atoms. The maximum atomic E-state index is 13.3. The van der Waals surface area contributed by atoms with Crippen molar-refractivity contribution in [2.24, 2.45) is 0 Å². The Labute approximate surface area is 225 Å². The Morgan fingerprint density at radius 1 is 1.00 bits per heavy atom. The van der Waals surface area contributed by atoms with Crippen LogP contribution in [0.4, 0.5) is 0 Å². The van der Waals surface area contributed by atoms with Gasteiger partial charge in [-0.15, -0.1) is 0 Å². The Morgan fingerprint density at radius 3 is 2.46 bits per heavy atom. The number of amides is 1. The molecule has 4 aromatic rings. The number of furan rings is 1. The van der Waals surface area contributed by atoms with Crippen LogP contribution in [0.2, 0.25) is 0 Å². The second kappa shape index (κ2) is 10.8. The molecule has 0 radical (unpaired) electrons. The number of aliphatic hydroxyl groups excluding tert-OH is 1. The second-order valence-corrected chi connectivity index (χ2v) is 9.18. The van der Waals surface area contributed by atoms with Gasteiger partial charge in [-0.2, -0.15) is 0 Å². The molecule has 2 heterocycles. The van der Waals surface area contributed by atoms with Gasteiger partial charge in [0, 0.05) is 5.56 Å². The number of likely N-dealkylation sites (tertiary alicyclic amines) is 1. The fourth-order valence-corrected chi connectivity index (χ4v) is 4.62. The van der Waals surface area contributed by atoms with Crippen molar-refractivity contribution in [3.8, 4) is 17.2 Å². The van der Waals surface area contributed by atoms with Crippen LogP contribution in [0.25, 0.3) is 5.76 Å². The average molecular weight is 526 g/mol. The van der Waals surface area contributed by atoms with Crippen LogP contribution in [0.15, 0.2) is 95.1 Å². The number of hydrogen-bond donors (Lipinski definition) is 2. The summed E-state index contributed by atoms with van der Waals surface area (Å²) < 4.78 is 16.6. The van der Waals surface area contributed by atoms with Gasteiger partial charge in [0.05, 0.1) is 31.5 Å². The standard InChI is InChI=1S/C31H27NO7/c1-19-6-3-4-7-22(19)18-39-23-12-9-20(10-13-23)29(34)27-28(21-11-14-25(33)26(16-21)37-2)32(31(36)30(27)35)17-24-8-5-15-38-24/h3-16,28,33-34H,17-18H2,1-2H3/t28-/m1/s1. The number of aryl methyl sites for hydroxylation is 1. The second-order valence-electron chi connectivity index (χ2n) is 9.18. The molecular weight excluding hydrogens is 498 g/mol. The first-order valence-corrected chi connectivity index (χ1v) is 12.3. The molecule has 1 saturated heterocycles. The van der Waals surface area contributed by atoms with Crippen molar-refractivity contribution >= 4 is 17.4 Å². The summed E-state index contributed by atoms with van der Waals surface area (Å²) in [5.74, 6) is -0.774. The van der Waals surface area contributed by atoms with E-state index in [4.69, 9.17) is 13.9 Å². The number of ketones is 1. The lowest BCUT2D eigenvalue weighted by Crippen LogP contribution is -2.29. The number of phenols is 1. The molecule has 1 amide bonds. The van der Waals surface area contributed by atoms with E-state index in [2.05, 4.69) is 0 Å². The van der Waals surface area contributed by atoms with Crippen molar-refractivity contribution in [1.29, 1.82) is 0 Å². The number of aromatic hydroxyl groups is 1. The first-order valence-electron chi connectivity index (χ1n) is 12.3. The number of aliphatic hydroxyl groups is 1. The first-order chi connectivity index (χ1) is 18.9. The van der Waals surface area contributed by atoms with Gasteiger partial charge >= 0.3 is 0 Å². The molecule has 1 aliphatic rings. The highest BCUT2D eigenvalue weighted by atomic mass is 16.5. The average Bonchev–Trinajstić information content (AvgIpc) is 3.55. The van der Waals surface area contributed by atoms with Crippen LogP contribution in [0, 0.1) is 6.92 Å². The highest BCUT2D eigenvalue weighted by Crippen LogP contribution is 2.42. The van der Waals surface area contributed by atoms with Crippen molar-refractivity contribution in [3.63, 3.8) is 0 Å². The monoisotopic (exact) mass is 525 g/mol. The molecule has 3 aromatic carbocycles. The number of carbonyl (C=O) groups is 2. The minimum absolute atomic E-state index is 0.00783. The maximum absolute atomic E-state index is 13.3. The fraction of sp³-hybridized carbons (Fsp3) is 0.161. The predicted molar refractivity (Wildman–Crippen MR) is 143 cm³/mol. The topological polar surface area (TPSA) is 109 Å². The molecule has 0 aliphatic carbocycles. The number of hydrogen-bond acceptors (Lipinski definition) is 7. The molecule has 2 N–H and O–H groups in total. The van der Waals surface area contributed by atoms with Crippen molar-refractivity contribution in [2.45, 2.75) is 26.1 Å². The summed E-state index contributed by atoms with van der Waals surface area (Å²) in [6.45, 7) is 2.41. The highest BCUT2D eigenvalue weighted by Gasteiger charge is 2.46. The van der Waals surface area contributed by atoms with Gasteiger partial charge in [-0.25, -0.2) is 0 Å². The van der Waals surface area contributed by atoms with Gasteiger partial charge in [0.15, 0.2) is 11.5 Å². The molecule has 198 valence electrons. The number of phenolic OH excluding ortho intramolecular Hbond substituents is 1. The summed E-state index contributed by atoms with van der Waals surface area (Å²) in [5, 5.41) is 21.4. The minimum atomic E-state index is -0.943. The first kappa shape index (κ1) is 25.7. The molecule has 8 heteroatoms. The summed E-state index contributed by atoms with van der Waals surface area (Å²) in [6.07, 6.45) is 1.48. The lowest BCUT2D eigenvalue weighted by molar-refractivity contribution is -0.140. The summed E-state index contributed by atoms with van der Waals surface area (Å²) in [4.78, 5) is 27.8. The SMILES string of the molecule is COc1cc([C@@H]2C(=C(O)c3ccc(OCc4ccccc4C)cc3)C(=O)C(=O)N2Cc2ccco2)ccc1O. The molecule has 0 bridgehead atoms. The smallest absolute Gasteiger partial charge is 0.296 e. The number of carbonyl (C=O) groups excluding carboxylic acids is 2. The molecule has 1 fully saturated rings. The van der Waals surface area contributed by atoms with E-state index in [0.29, 0.717) is 29.2 Å². The van der Waals surface area contributed by atoms with E-state index in [1.54, 1.807) is 42.5 Å². The molecule has 1 atom stereocenters. The van der Waals surface area contributed by atoms with Crippen molar-refractivity contribution < 1.29 is 33.7 Å². The predicted octanol–water partition coefficient (Wildman–Crippen LogP) is 5.50. The van der Waals surface area contributed by atoms with Gasteiger partial charge in [-0.1, -0.05) is 30.3 Å². The normalized spacial score (nSPS) is 16.5. The lowest BCUT2D eigenvalue weighted by Gasteiger charge is -2.25. The van der Waals surface area contributed by atoms with Gasteiger partial charge < -0.3 is 29.0 Å². The third-order valence-corrected chi connectivity index (χ3v) is 6.75. The Hall–Kier alpha value is -4.98. The van der Waals surface area contributed by atoms with E-state index in [-0.39, 0.29) is 29.4 Å². The Kier molecular flexibility index (Phi) is 7.10. The van der Waals surface area contributed by atoms with E-state index < -0.39 is 17.7 Å². The quantitative estimate of drug-likeness (QED) is 0.178. The Morgan fingerprint density at radius 2 is 1.77 bits per heavy atom. The van der Waals surface area contributed by atoms with Gasteiger partial charge in [-0.05, 0) is 72.1 Å². The Bertz CT molecular complexity index is 1540.